The molecule has 2 saturated heterocycles. The Balaban J connectivity index is 1.81. The number of hydrogen-bond acceptors (Lipinski definition) is 4. The summed E-state index contributed by atoms with van der Waals surface area (Å²) in [5, 5.41) is -0.557. The van der Waals surface area contributed by atoms with Crippen LogP contribution in [0.2, 0.25) is 0 Å². The lowest BCUT2D eigenvalue weighted by Crippen LogP contribution is -2.73. The minimum Gasteiger partial charge on any atom is -0.379 e. The van der Waals surface area contributed by atoms with Gasteiger partial charge < -0.3 is 4.74 Å². The quantitative estimate of drug-likeness (QED) is 0.833. The van der Waals surface area contributed by atoms with Crippen molar-refractivity contribution >= 4 is 9.84 Å². The Bertz CT molecular complexity index is 654. The van der Waals surface area contributed by atoms with E-state index in [1.54, 1.807) is 0 Å². The summed E-state index contributed by atoms with van der Waals surface area (Å²) in [6, 6.07) is 9.86. The van der Waals surface area contributed by atoms with E-state index in [9.17, 15) is 8.42 Å². The summed E-state index contributed by atoms with van der Waals surface area (Å²) in [5.41, 5.74) is 0.762. The highest BCUT2D eigenvalue weighted by molar-refractivity contribution is 7.94. The average Bonchev–Trinajstić information content (AvgIpc) is 2.78. The fraction of sp³-hybridized carbons (Fsp3) is 0.667. The second-order valence-electron chi connectivity index (χ2n) is 7.06. The first kappa shape index (κ1) is 15.6. The Morgan fingerprint density at radius 2 is 1.78 bits per heavy atom. The summed E-state index contributed by atoms with van der Waals surface area (Å²) >= 11 is 0. The first-order valence-electron chi connectivity index (χ1n) is 8.78. The molecule has 5 heteroatoms. The van der Waals surface area contributed by atoms with Crippen LogP contribution in [-0.2, 0) is 14.6 Å². The van der Waals surface area contributed by atoms with Crippen LogP contribution in [0.15, 0.2) is 30.3 Å². The second-order valence-corrected chi connectivity index (χ2v) is 9.28. The van der Waals surface area contributed by atoms with Gasteiger partial charge in [0.05, 0.1) is 24.0 Å². The number of nitrogens with zero attached hydrogens (tertiary/aromatic N) is 1. The number of morpholine rings is 1. The molecule has 0 radical (unpaired) electrons. The third-order valence-corrected chi connectivity index (χ3v) is 8.76. The minimum absolute atomic E-state index is 0.194. The van der Waals surface area contributed by atoms with Gasteiger partial charge in [-0.25, -0.2) is 8.42 Å². The van der Waals surface area contributed by atoms with Crippen LogP contribution in [0.3, 0.4) is 0 Å². The molecule has 0 N–H and O–H groups in total. The molecule has 0 bridgehead atoms. The molecule has 1 aromatic rings. The van der Waals surface area contributed by atoms with Gasteiger partial charge in [-0.3, -0.25) is 4.90 Å². The Hall–Kier alpha value is -0.910. The topological polar surface area (TPSA) is 46.6 Å². The summed E-state index contributed by atoms with van der Waals surface area (Å²) in [5.74, 6) is 0. The van der Waals surface area contributed by atoms with Crippen molar-refractivity contribution in [3.05, 3.63) is 35.9 Å². The van der Waals surface area contributed by atoms with Gasteiger partial charge in [0.25, 0.3) is 0 Å². The first-order chi connectivity index (χ1) is 11.2. The van der Waals surface area contributed by atoms with Crippen molar-refractivity contribution in [2.45, 2.75) is 48.1 Å². The Labute approximate surface area is 138 Å². The molecule has 0 spiro atoms. The van der Waals surface area contributed by atoms with E-state index in [4.69, 9.17) is 4.74 Å². The Morgan fingerprint density at radius 1 is 1.04 bits per heavy atom. The Morgan fingerprint density at radius 3 is 2.52 bits per heavy atom. The molecular weight excluding hydrogens is 310 g/mol. The zero-order valence-electron chi connectivity index (χ0n) is 13.5. The third kappa shape index (κ3) is 2.28. The molecule has 0 amide bonds. The van der Waals surface area contributed by atoms with Gasteiger partial charge in [0.15, 0.2) is 9.84 Å². The zero-order chi connectivity index (χ0) is 15.9. The van der Waals surface area contributed by atoms with Gasteiger partial charge in [0, 0.05) is 13.1 Å². The molecule has 4 rings (SSSR count). The summed E-state index contributed by atoms with van der Waals surface area (Å²) in [4.78, 5) is 2.45. The van der Waals surface area contributed by atoms with E-state index in [1.807, 2.05) is 30.3 Å². The van der Waals surface area contributed by atoms with Crippen molar-refractivity contribution in [2.75, 3.05) is 26.3 Å². The van der Waals surface area contributed by atoms with Crippen LogP contribution in [0.4, 0.5) is 0 Å². The first-order valence-corrected chi connectivity index (χ1v) is 10.4. The van der Waals surface area contributed by atoms with Crippen LogP contribution >= 0.6 is 0 Å². The van der Waals surface area contributed by atoms with Crippen molar-refractivity contribution < 1.29 is 13.2 Å². The standard InChI is InChI=1S/C18H25NO3S/c20-23(21)16-9-5-2-6-10-18(16,19-11-13-22-14-12-19)17(23)15-7-3-1-4-8-15/h1,3-4,7-8,16-17H,2,5-6,9-14H2/t16-,17-,18+/m0/s1. The second kappa shape index (κ2) is 5.87. The number of rotatable bonds is 2. The van der Waals surface area contributed by atoms with Crippen molar-refractivity contribution in [1.29, 1.82) is 0 Å². The zero-order valence-corrected chi connectivity index (χ0v) is 14.3. The molecule has 23 heavy (non-hydrogen) atoms. The molecule has 0 unspecified atom stereocenters. The molecule has 1 aromatic carbocycles. The lowest BCUT2D eigenvalue weighted by molar-refractivity contribution is -0.0392. The maximum atomic E-state index is 13.1. The predicted molar refractivity (Wildman–Crippen MR) is 90.1 cm³/mol. The maximum absolute atomic E-state index is 13.1. The van der Waals surface area contributed by atoms with Crippen LogP contribution < -0.4 is 0 Å². The van der Waals surface area contributed by atoms with Gasteiger partial charge in [-0.15, -0.1) is 0 Å². The summed E-state index contributed by atoms with van der Waals surface area (Å²) in [6.45, 7) is 3.15. The van der Waals surface area contributed by atoms with E-state index in [0.717, 1.165) is 64.0 Å². The van der Waals surface area contributed by atoms with Crippen molar-refractivity contribution in [3.63, 3.8) is 0 Å². The van der Waals surface area contributed by atoms with E-state index >= 15 is 0 Å². The maximum Gasteiger partial charge on any atom is 0.163 e. The average molecular weight is 335 g/mol. The third-order valence-electron chi connectivity index (χ3n) is 5.98. The lowest BCUT2D eigenvalue weighted by atomic mass is 9.79. The summed E-state index contributed by atoms with van der Waals surface area (Å²) in [7, 11) is -3.09. The van der Waals surface area contributed by atoms with E-state index in [0.29, 0.717) is 0 Å². The molecule has 4 nitrogen and oxygen atoms in total. The molecule has 126 valence electrons. The van der Waals surface area contributed by atoms with Crippen LogP contribution in [0.5, 0.6) is 0 Å². The lowest BCUT2D eigenvalue weighted by Gasteiger charge is -2.60. The molecule has 2 aliphatic heterocycles. The minimum atomic E-state index is -3.09. The molecule has 1 saturated carbocycles. The van der Waals surface area contributed by atoms with Gasteiger partial charge in [0.2, 0.25) is 0 Å². The molecule has 1 aliphatic carbocycles. The van der Waals surface area contributed by atoms with Gasteiger partial charge >= 0.3 is 0 Å². The van der Waals surface area contributed by atoms with Gasteiger partial charge in [-0.05, 0) is 18.4 Å². The highest BCUT2D eigenvalue weighted by Crippen LogP contribution is 2.59. The van der Waals surface area contributed by atoms with Gasteiger partial charge in [-0.2, -0.15) is 0 Å². The van der Waals surface area contributed by atoms with Gasteiger partial charge in [-0.1, -0.05) is 49.6 Å². The number of ether oxygens (including phenoxy) is 1. The van der Waals surface area contributed by atoms with E-state index in [-0.39, 0.29) is 16.0 Å². The largest absolute Gasteiger partial charge is 0.379 e. The highest BCUT2D eigenvalue weighted by atomic mass is 32.2. The molecule has 2 heterocycles. The van der Waals surface area contributed by atoms with Gasteiger partial charge in [0.1, 0.15) is 5.25 Å². The fourth-order valence-corrected chi connectivity index (χ4v) is 8.17. The van der Waals surface area contributed by atoms with Crippen LogP contribution in [-0.4, -0.2) is 50.4 Å². The number of hydrogen-bond donors (Lipinski definition) is 0. The predicted octanol–water partition coefficient (Wildman–Crippen LogP) is 2.56. The van der Waals surface area contributed by atoms with Crippen LogP contribution in [0, 0.1) is 0 Å². The molecular formula is C18H25NO3S. The number of benzene rings is 1. The van der Waals surface area contributed by atoms with E-state index < -0.39 is 9.84 Å². The van der Waals surface area contributed by atoms with Crippen LogP contribution in [0.25, 0.3) is 0 Å². The Kier molecular flexibility index (Phi) is 3.98. The smallest absolute Gasteiger partial charge is 0.163 e. The molecule has 0 aromatic heterocycles. The number of fused-ring (bicyclic) bond motifs is 1. The molecule has 3 atom stereocenters. The van der Waals surface area contributed by atoms with Crippen molar-refractivity contribution in [1.82, 2.24) is 4.90 Å². The summed E-state index contributed by atoms with van der Waals surface area (Å²) in [6.07, 6.45) is 5.14. The van der Waals surface area contributed by atoms with E-state index in [1.165, 1.54) is 0 Å². The SMILES string of the molecule is O=S1(=O)[C@H]2CCCCC[C@]2(N2CCOCC2)[C@@H]1c1ccccc1. The monoisotopic (exact) mass is 335 g/mol. The van der Waals surface area contributed by atoms with E-state index in [2.05, 4.69) is 4.90 Å². The summed E-state index contributed by atoms with van der Waals surface area (Å²) < 4.78 is 31.8. The van der Waals surface area contributed by atoms with Crippen LogP contribution in [0.1, 0.15) is 42.9 Å². The van der Waals surface area contributed by atoms with Crippen molar-refractivity contribution in [2.24, 2.45) is 0 Å². The normalized spacial score (nSPS) is 37.4. The fourth-order valence-electron chi connectivity index (χ4n) is 5.06. The molecule has 3 fully saturated rings. The molecule has 3 aliphatic rings. The highest BCUT2D eigenvalue weighted by Gasteiger charge is 2.68. The van der Waals surface area contributed by atoms with Crippen molar-refractivity contribution in [3.8, 4) is 0 Å². The number of sulfone groups is 1.